The molecule has 1 atom stereocenters. The highest BCUT2D eigenvalue weighted by molar-refractivity contribution is 7.67. The van der Waals surface area contributed by atoms with E-state index in [0.717, 1.165) is 10.6 Å². The normalized spacial score (nSPS) is 13.1. The summed E-state index contributed by atoms with van der Waals surface area (Å²) in [6.07, 6.45) is 4.08. The van der Waals surface area contributed by atoms with E-state index in [1.807, 2.05) is 44.2 Å². The van der Waals surface area contributed by atoms with E-state index < -0.39 is 7.55 Å². The molecule has 0 spiro atoms. The highest BCUT2D eigenvalue weighted by Crippen LogP contribution is 2.32. The van der Waals surface area contributed by atoms with Crippen LogP contribution in [0.3, 0.4) is 0 Å². The van der Waals surface area contributed by atoms with Crippen molar-refractivity contribution in [1.82, 2.24) is 0 Å². The van der Waals surface area contributed by atoms with Crippen LogP contribution in [-0.2, 0) is 4.74 Å². The Bertz CT molecular complexity index is 368. The van der Waals surface area contributed by atoms with Crippen LogP contribution in [0.2, 0.25) is 0 Å². The molecular formula is C12H16O2P+. The van der Waals surface area contributed by atoms with Crippen LogP contribution in [0.1, 0.15) is 13.8 Å². The molecule has 0 aliphatic heterocycles. The summed E-state index contributed by atoms with van der Waals surface area (Å²) in [5.41, 5.74) is 0. The maximum atomic E-state index is 9.58. The van der Waals surface area contributed by atoms with E-state index in [4.69, 9.17) is 4.74 Å². The Kier molecular flexibility index (Phi) is 4.38. The molecule has 3 heteroatoms. The summed E-state index contributed by atoms with van der Waals surface area (Å²) in [6.45, 7) is 4.18. The summed E-state index contributed by atoms with van der Waals surface area (Å²) < 4.78 is 5.06. The SMILES string of the molecule is C=[P+](C(C)=C(O)OCC)c1ccccc1. The molecule has 0 aliphatic carbocycles. The van der Waals surface area contributed by atoms with Crippen molar-refractivity contribution in [2.45, 2.75) is 13.8 Å². The van der Waals surface area contributed by atoms with E-state index in [0.29, 0.717) is 6.61 Å². The summed E-state index contributed by atoms with van der Waals surface area (Å²) in [5.74, 6) is 0.0162. The molecule has 2 nitrogen and oxygen atoms in total. The molecule has 15 heavy (non-hydrogen) atoms. The number of hydrogen-bond acceptors (Lipinski definition) is 2. The first-order chi connectivity index (χ1) is 7.16. The fraction of sp³-hybridized carbons (Fsp3) is 0.250. The van der Waals surface area contributed by atoms with Gasteiger partial charge in [-0.2, -0.15) is 0 Å². The zero-order valence-electron chi connectivity index (χ0n) is 9.10. The van der Waals surface area contributed by atoms with Crippen LogP contribution in [0.25, 0.3) is 0 Å². The van der Waals surface area contributed by atoms with Gasteiger partial charge in [0, 0.05) is 6.92 Å². The Morgan fingerprint density at radius 3 is 2.53 bits per heavy atom. The molecule has 0 aliphatic rings. The molecule has 1 rings (SSSR count). The molecule has 0 bridgehead atoms. The molecule has 0 radical (unpaired) electrons. The van der Waals surface area contributed by atoms with Crippen molar-refractivity contribution < 1.29 is 9.84 Å². The number of rotatable bonds is 4. The van der Waals surface area contributed by atoms with Gasteiger partial charge in [-0.3, -0.25) is 0 Å². The highest BCUT2D eigenvalue weighted by Gasteiger charge is 2.19. The lowest BCUT2D eigenvalue weighted by molar-refractivity contribution is 0.100. The van der Waals surface area contributed by atoms with Crippen LogP contribution in [-0.4, -0.2) is 18.0 Å². The molecule has 1 aromatic carbocycles. The Morgan fingerprint density at radius 1 is 1.40 bits per heavy atom. The number of aliphatic hydroxyl groups is 1. The lowest BCUT2D eigenvalue weighted by atomic mass is 10.4. The molecule has 1 aromatic rings. The predicted octanol–water partition coefficient (Wildman–Crippen LogP) is 3.01. The van der Waals surface area contributed by atoms with E-state index in [2.05, 4.69) is 6.30 Å². The lowest BCUT2D eigenvalue weighted by Crippen LogP contribution is -1.99. The van der Waals surface area contributed by atoms with Gasteiger partial charge in [0.15, 0.2) is 12.8 Å². The number of ether oxygens (including phenoxy) is 1. The van der Waals surface area contributed by atoms with Crippen LogP contribution in [0.15, 0.2) is 41.6 Å². The van der Waals surface area contributed by atoms with Crippen LogP contribution in [0, 0.1) is 0 Å². The van der Waals surface area contributed by atoms with Gasteiger partial charge in [0.25, 0.3) is 0 Å². The minimum absolute atomic E-state index is 0.0162. The van der Waals surface area contributed by atoms with Crippen molar-refractivity contribution in [2.75, 3.05) is 6.61 Å². The molecule has 0 fully saturated rings. The largest absolute Gasteiger partial charge is 0.478 e. The molecule has 1 unspecified atom stereocenters. The third-order valence-corrected chi connectivity index (χ3v) is 3.99. The maximum absolute atomic E-state index is 9.58. The van der Waals surface area contributed by atoms with Gasteiger partial charge in [-0.05, 0) is 19.1 Å². The fourth-order valence-corrected chi connectivity index (χ4v) is 2.37. The van der Waals surface area contributed by atoms with Crippen molar-refractivity contribution in [3.8, 4) is 0 Å². The third kappa shape index (κ3) is 3.10. The van der Waals surface area contributed by atoms with E-state index in [1.54, 1.807) is 0 Å². The molecule has 0 amide bonds. The van der Waals surface area contributed by atoms with Gasteiger partial charge in [-0.25, -0.2) is 0 Å². The smallest absolute Gasteiger partial charge is 0.324 e. The van der Waals surface area contributed by atoms with Gasteiger partial charge in [-0.15, -0.1) is 0 Å². The van der Waals surface area contributed by atoms with Crippen molar-refractivity contribution in [3.05, 3.63) is 41.6 Å². The first kappa shape index (κ1) is 11.8. The average Bonchev–Trinajstić information content (AvgIpc) is 2.28. The first-order valence-corrected chi connectivity index (χ1v) is 6.37. The quantitative estimate of drug-likeness (QED) is 0.628. The standard InChI is InChI=1S/C12H15O2P/c1-4-14-12(13)10(2)15(3)11-8-6-5-7-9-11/h5-9H,3-4H2,1-2H3/p+1. The zero-order valence-corrected chi connectivity index (χ0v) is 10.00. The molecule has 0 saturated carbocycles. The van der Waals surface area contributed by atoms with Crippen molar-refractivity contribution >= 4 is 19.1 Å². The molecule has 0 heterocycles. The number of allylic oxidation sites excluding steroid dienone is 1. The van der Waals surface area contributed by atoms with Crippen molar-refractivity contribution in [2.24, 2.45) is 0 Å². The first-order valence-electron chi connectivity index (χ1n) is 4.85. The molecule has 0 saturated heterocycles. The number of hydrogen-bond donors (Lipinski definition) is 1. The van der Waals surface area contributed by atoms with Gasteiger partial charge < -0.3 is 9.84 Å². The summed E-state index contributed by atoms with van der Waals surface area (Å²) in [7, 11) is -0.733. The van der Waals surface area contributed by atoms with Crippen LogP contribution < -0.4 is 5.30 Å². The van der Waals surface area contributed by atoms with Gasteiger partial charge in [0.2, 0.25) is 5.31 Å². The second-order valence-electron chi connectivity index (χ2n) is 3.09. The summed E-state index contributed by atoms with van der Waals surface area (Å²) in [5, 5.41) is 11.5. The molecule has 80 valence electrons. The summed E-state index contributed by atoms with van der Waals surface area (Å²) in [4.78, 5) is 0. The number of benzene rings is 1. The zero-order chi connectivity index (χ0) is 11.3. The Balaban J connectivity index is 2.91. The Morgan fingerprint density at radius 2 is 2.00 bits per heavy atom. The van der Waals surface area contributed by atoms with Gasteiger partial charge >= 0.3 is 5.95 Å². The summed E-state index contributed by atoms with van der Waals surface area (Å²) in [6, 6.07) is 9.94. The van der Waals surface area contributed by atoms with E-state index >= 15 is 0 Å². The van der Waals surface area contributed by atoms with Crippen molar-refractivity contribution in [3.63, 3.8) is 0 Å². The van der Waals surface area contributed by atoms with Gasteiger partial charge in [0.1, 0.15) is 0 Å². The second-order valence-corrected chi connectivity index (χ2v) is 5.13. The van der Waals surface area contributed by atoms with E-state index in [1.165, 1.54) is 0 Å². The summed E-state index contributed by atoms with van der Waals surface area (Å²) >= 11 is 0. The molecule has 1 N–H and O–H groups in total. The third-order valence-electron chi connectivity index (χ3n) is 2.06. The van der Waals surface area contributed by atoms with Gasteiger partial charge in [-0.1, -0.05) is 18.2 Å². The number of aliphatic hydroxyl groups excluding tert-OH is 1. The maximum Gasteiger partial charge on any atom is 0.324 e. The average molecular weight is 223 g/mol. The monoisotopic (exact) mass is 223 g/mol. The molecule has 0 aromatic heterocycles. The van der Waals surface area contributed by atoms with Gasteiger partial charge in [0.05, 0.1) is 12.9 Å². The second kappa shape index (κ2) is 5.57. The fourth-order valence-electron chi connectivity index (χ4n) is 1.16. The van der Waals surface area contributed by atoms with Crippen LogP contribution >= 0.6 is 7.55 Å². The minimum Gasteiger partial charge on any atom is -0.478 e. The van der Waals surface area contributed by atoms with Crippen molar-refractivity contribution in [1.29, 1.82) is 0 Å². The van der Waals surface area contributed by atoms with Crippen LogP contribution in [0.4, 0.5) is 0 Å². The van der Waals surface area contributed by atoms with E-state index in [-0.39, 0.29) is 5.95 Å². The Hall–Kier alpha value is -1.27. The minimum atomic E-state index is -0.733. The highest BCUT2D eigenvalue weighted by atomic mass is 31.1. The predicted molar refractivity (Wildman–Crippen MR) is 67.1 cm³/mol. The Labute approximate surface area is 91.6 Å². The van der Waals surface area contributed by atoms with E-state index in [9.17, 15) is 5.11 Å². The lowest BCUT2D eigenvalue weighted by Gasteiger charge is -2.01. The topological polar surface area (TPSA) is 29.5 Å². The molecular weight excluding hydrogens is 207 g/mol. The van der Waals surface area contributed by atoms with Crippen LogP contribution in [0.5, 0.6) is 0 Å².